The molecule has 0 aliphatic carbocycles. The molecule has 0 atom stereocenters. The van der Waals surface area contributed by atoms with Gasteiger partial charge in [0.25, 0.3) is 0 Å². The van der Waals surface area contributed by atoms with Crippen LogP contribution in [0.25, 0.3) is 0 Å². The molecule has 0 fully saturated rings. The molecule has 0 aliphatic rings. The topological polar surface area (TPSA) is 38.3 Å². The quantitative estimate of drug-likeness (QED) is 0.391. The minimum Gasteiger partial charge on any atom is -0.461 e. The highest BCUT2D eigenvalue weighted by atomic mass is 16.5. The van der Waals surface area contributed by atoms with Crippen LogP contribution in [0.15, 0.2) is 12.7 Å². The van der Waals surface area contributed by atoms with Crippen LogP contribution in [-0.2, 0) is 9.53 Å². The van der Waals surface area contributed by atoms with Crippen LogP contribution in [-0.4, -0.2) is 24.7 Å². The fourth-order valence-corrected chi connectivity index (χ4v) is 0.637. The third kappa shape index (κ3) is 7.28. The molecule has 3 nitrogen and oxygen atoms in total. The molecule has 3 heteroatoms. The van der Waals surface area contributed by atoms with Gasteiger partial charge < -0.3 is 10.1 Å². The first-order valence-electron chi connectivity index (χ1n) is 4.00. The smallest absolute Gasteiger partial charge is 0.330 e. The zero-order valence-corrected chi connectivity index (χ0v) is 8.02. The molecule has 0 radical (unpaired) electrons. The number of nitrogens with one attached hydrogen (secondary N) is 1. The van der Waals surface area contributed by atoms with Gasteiger partial charge in [-0.05, 0) is 20.8 Å². The van der Waals surface area contributed by atoms with Crippen LogP contribution in [0.4, 0.5) is 0 Å². The van der Waals surface area contributed by atoms with E-state index in [1.165, 1.54) is 0 Å². The Morgan fingerprint density at radius 1 is 1.58 bits per heavy atom. The number of esters is 1. The zero-order chi connectivity index (χ0) is 9.61. The Morgan fingerprint density at radius 3 is 2.58 bits per heavy atom. The maximum absolute atomic E-state index is 10.6. The van der Waals surface area contributed by atoms with E-state index in [-0.39, 0.29) is 11.5 Å². The number of carbonyl (C=O) groups excluding carboxylic acids is 1. The summed E-state index contributed by atoms with van der Waals surface area (Å²) in [6.07, 6.45) is 1.16. The van der Waals surface area contributed by atoms with Gasteiger partial charge in [-0.2, -0.15) is 0 Å². The first kappa shape index (κ1) is 11.2. The van der Waals surface area contributed by atoms with Gasteiger partial charge in [0.15, 0.2) is 0 Å². The Balaban J connectivity index is 3.34. The molecule has 0 aromatic carbocycles. The van der Waals surface area contributed by atoms with E-state index < -0.39 is 0 Å². The van der Waals surface area contributed by atoms with Crippen LogP contribution in [0.1, 0.15) is 20.8 Å². The molecule has 0 rings (SSSR count). The van der Waals surface area contributed by atoms with E-state index in [2.05, 4.69) is 32.7 Å². The van der Waals surface area contributed by atoms with Gasteiger partial charge in [0.2, 0.25) is 0 Å². The first-order valence-corrected chi connectivity index (χ1v) is 4.00. The van der Waals surface area contributed by atoms with Crippen molar-refractivity contribution >= 4 is 5.97 Å². The predicted molar refractivity (Wildman–Crippen MR) is 48.9 cm³/mol. The number of carbonyl (C=O) groups is 1. The van der Waals surface area contributed by atoms with Crippen LogP contribution in [0.3, 0.4) is 0 Å². The van der Waals surface area contributed by atoms with Gasteiger partial charge in [0.1, 0.15) is 6.61 Å². The maximum atomic E-state index is 10.6. The van der Waals surface area contributed by atoms with E-state index in [4.69, 9.17) is 4.74 Å². The van der Waals surface area contributed by atoms with E-state index in [9.17, 15) is 4.79 Å². The highest BCUT2D eigenvalue weighted by Gasteiger charge is 2.07. The lowest BCUT2D eigenvalue weighted by Gasteiger charge is -2.19. The molecule has 0 bridgehead atoms. The monoisotopic (exact) mass is 171 g/mol. The molecule has 1 N–H and O–H groups in total. The molecule has 0 saturated carbocycles. The van der Waals surface area contributed by atoms with Gasteiger partial charge in [0, 0.05) is 18.2 Å². The second-order valence-electron chi connectivity index (χ2n) is 3.55. The highest BCUT2D eigenvalue weighted by molar-refractivity contribution is 5.81. The summed E-state index contributed by atoms with van der Waals surface area (Å²) >= 11 is 0. The summed E-state index contributed by atoms with van der Waals surface area (Å²) in [5.74, 6) is -0.370. The van der Waals surface area contributed by atoms with Crippen molar-refractivity contribution in [3.63, 3.8) is 0 Å². The number of rotatable bonds is 4. The summed E-state index contributed by atoms with van der Waals surface area (Å²) < 4.78 is 4.77. The molecule has 0 saturated heterocycles. The van der Waals surface area contributed by atoms with Crippen molar-refractivity contribution < 1.29 is 9.53 Å². The van der Waals surface area contributed by atoms with Crippen molar-refractivity contribution in [2.45, 2.75) is 26.3 Å². The highest BCUT2D eigenvalue weighted by Crippen LogP contribution is 1.96. The fraction of sp³-hybridized carbons (Fsp3) is 0.667. The summed E-state index contributed by atoms with van der Waals surface area (Å²) in [6, 6.07) is 0. The van der Waals surface area contributed by atoms with Crippen molar-refractivity contribution in [2.24, 2.45) is 0 Å². The van der Waals surface area contributed by atoms with Gasteiger partial charge in [-0.3, -0.25) is 0 Å². The number of ether oxygens (including phenoxy) is 1. The van der Waals surface area contributed by atoms with Gasteiger partial charge >= 0.3 is 5.97 Å². The molecule has 12 heavy (non-hydrogen) atoms. The summed E-state index contributed by atoms with van der Waals surface area (Å²) in [4.78, 5) is 10.6. The Morgan fingerprint density at radius 2 is 2.17 bits per heavy atom. The number of hydrogen-bond acceptors (Lipinski definition) is 3. The van der Waals surface area contributed by atoms with Crippen molar-refractivity contribution in [3.8, 4) is 0 Å². The Labute approximate surface area is 73.8 Å². The van der Waals surface area contributed by atoms with Crippen molar-refractivity contribution in [3.05, 3.63) is 12.7 Å². The minimum absolute atomic E-state index is 0.0700. The summed E-state index contributed by atoms with van der Waals surface area (Å²) in [5, 5.41) is 3.19. The molecular weight excluding hydrogens is 154 g/mol. The van der Waals surface area contributed by atoms with Crippen LogP contribution in [0.5, 0.6) is 0 Å². The van der Waals surface area contributed by atoms with E-state index in [1.807, 2.05) is 0 Å². The van der Waals surface area contributed by atoms with Gasteiger partial charge in [-0.25, -0.2) is 4.79 Å². The van der Waals surface area contributed by atoms with Gasteiger partial charge in [-0.1, -0.05) is 6.58 Å². The van der Waals surface area contributed by atoms with Crippen molar-refractivity contribution in [2.75, 3.05) is 13.2 Å². The number of hydrogen-bond donors (Lipinski definition) is 1. The average molecular weight is 171 g/mol. The van der Waals surface area contributed by atoms with E-state index >= 15 is 0 Å². The second-order valence-corrected chi connectivity index (χ2v) is 3.55. The van der Waals surface area contributed by atoms with Crippen molar-refractivity contribution in [1.82, 2.24) is 5.32 Å². The normalized spacial score (nSPS) is 10.9. The lowest BCUT2D eigenvalue weighted by atomic mass is 10.1. The molecule has 70 valence electrons. The summed E-state index contributed by atoms with van der Waals surface area (Å²) in [6.45, 7) is 10.5. The lowest BCUT2D eigenvalue weighted by molar-refractivity contribution is -0.137. The maximum Gasteiger partial charge on any atom is 0.330 e. The Bertz CT molecular complexity index is 158. The van der Waals surface area contributed by atoms with Crippen LogP contribution < -0.4 is 5.32 Å². The molecule has 0 aromatic heterocycles. The van der Waals surface area contributed by atoms with Crippen LogP contribution in [0, 0.1) is 0 Å². The molecule has 0 amide bonds. The van der Waals surface area contributed by atoms with Crippen molar-refractivity contribution in [1.29, 1.82) is 0 Å². The van der Waals surface area contributed by atoms with Crippen LogP contribution in [0.2, 0.25) is 0 Å². The predicted octanol–water partition coefficient (Wildman–Crippen LogP) is 1.10. The van der Waals surface area contributed by atoms with E-state index in [0.717, 1.165) is 6.08 Å². The van der Waals surface area contributed by atoms with Gasteiger partial charge in [-0.15, -0.1) is 0 Å². The molecular formula is C9H17NO2. The Kier molecular flexibility index (Phi) is 4.59. The molecule has 0 aliphatic heterocycles. The second kappa shape index (κ2) is 4.93. The minimum atomic E-state index is -0.370. The lowest BCUT2D eigenvalue weighted by Crippen LogP contribution is -2.38. The van der Waals surface area contributed by atoms with Crippen LogP contribution >= 0.6 is 0 Å². The fourth-order valence-electron chi connectivity index (χ4n) is 0.637. The first-order chi connectivity index (χ1) is 5.45. The molecule has 0 unspecified atom stereocenters. The zero-order valence-electron chi connectivity index (χ0n) is 8.02. The molecule has 0 heterocycles. The third-order valence-corrected chi connectivity index (χ3v) is 1.17. The molecule has 0 aromatic rings. The molecule has 0 spiro atoms. The summed E-state index contributed by atoms with van der Waals surface area (Å²) in [5.41, 5.74) is 0.0700. The Hall–Kier alpha value is -0.830. The standard InChI is InChI=1S/C9H17NO2/c1-5-8(11)12-7-6-10-9(2,3)4/h5,10H,1,6-7H2,2-4H3. The SMILES string of the molecule is C=CC(=O)OCCNC(C)(C)C. The summed E-state index contributed by atoms with van der Waals surface area (Å²) in [7, 11) is 0. The average Bonchev–Trinajstić information content (AvgIpc) is 1.96. The van der Waals surface area contributed by atoms with Gasteiger partial charge in [0.05, 0.1) is 0 Å². The van der Waals surface area contributed by atoms with E-state index in [0.29, 0.717) is 13.2 Å². The largest absolute Gasteiger partial charge is 0.461 e. The third-order valence-electron chi connectivity index (χ3n) is 1.17. The van der Waals surface area contributed by atoms with E-state index in [1.54, 1.807) is 0 Å².